The molecule has 0 fully saturated rings. The molecule has 0 saturated heterocycles. The first kappa shape index (κ1) is 26.6. The third-order valence-corrected chi connectivity index (χ3v) is 6.31. The summed E-state index contributed by atoms with van der Waals surface area (Å²) in [5, 5.41) is 28.9. The second kappa shape index (κ2) is 11.0. The lowest BCUT2D eigenvalue weighted by molar-refractivity contribution is -0.139. The normalized spacial score (nSPS) is 13.7. The van der Waals surface area contributed by atoms with Crippen LogP contribution < -0.4 is 4.31 Å². The van der Waals surface area contributed by atoms with Crippen LogP contribution in [0.25, 0.3) is 11.3 Å². The average Bonchev–Trinajstić information content (AvgIpc) is 2.70. The predicted octanol–water partition coefficient (Wildman–Crippen LogP) is 2.32. The zero-order chi connectivity index (χ0) is 24.9. The summed E-state index contributed by atoms with van der Waals surface area (Å²) in [6.07, 6.45) is -1.22. The molecule has 0 spiro atoms. The maximum Gasteiger partial charge on any atom is 0.305 e. The molecule has 0 aliphatic carbocycles. The van der Waals surface area contributed by atoms with E-state index in [0.717, 1.165) is 10.6 Å². The van der Waals surface area contributed by atoms with Gasteiger partial charge in [0, 0.05) is 18.2 Å². The molecule has 1 aromatic heterocycles. The van der Waals surface area contributed by atoms with E-state index in [0.29, 0.717) is 22.5 Å². The Morgan fingerprint density at radius 3 is 2.24 bits per heavy atom. The number of hydrogen-bond donors (Lipinski definition) is 3. The number of benzene rings is 1. The Hall–Kier alpha value is -2.63. The van der Waals surface area contributed by atoms with Gasteiger partial charge in [-0.2, -0.15) is 0 Å². The van der Waals surface area contributed by atoms with Gasteiger partial charge in [0.05, 0.1) is 36.3 Å². The first-order chi connectivity index (χ1) is 15.3. The SMILES string of the molecule is CC(C)c1nc(N(C)S(C)(=O)=O)nc(-c2ccc(F)cc2)c1CCC(O)CC(O)CC(=O)O. The molecule has 0 aliphatic rings. The van der Waals surface area contributed by atoms with Gasteiger partial charge in [-0.05, 0) is 49.4 Å². The number of anilines is 1. The van der Waals surface area contributed by atoms with E-state index >= 15 is 0 Å². The molecule has 0 bridgehead atoms. The van der Waals surface area contributed by atoms with E-state index in [9.17, 15) is 27.8 Å². The van der Waals surface area contributed by atoms with E-state index in [2.05, 4.69) is 9.97 Å². The number of nitrogens with zero attached hydrogens (tertiary/aromatic N) is 3. The molecule has 0 aliphatic heterocycles. The van der Waals surface area contributed by atoms with E-state index in [4.69, 9.17) is 5.11 Å². The topological polar surface area (TPSA) is 141 Å². The summed E-state index contributed by atoms with van der Waals surface area (Å²) in [6.45, 7) is 3.77. The zero-order valence-corrected chi connectivity index (χ0v) is 19.9. The quantitative estimate of drug-likeness (QED) is 0.442. The number of aromatic nitrogens is 2. The van der Waals surface area contributed by atoms with Crippen molar-refractivity contribution in [3.63, 3.8) is 0 Å². The lowest BCUT2D eigenvalue weighted by Gasteiger charge is -2.22. The minimum absolute atomic E-state index is 0.0262. The van der Waals surface area contributed by atoms with Crippen molar-refractivity contribution in [1.29, 1.82) is 0 Å². The van der Waals surface area contributed by atoms with Crippen LogP contribution in [0.2, 0.25) is 0 Å². The number of aliphatic hydroxyl groups is 2. The number of carboxylic acids is 1. The van der Waals surface area contributed by atoms with Gasteiger partial charge in [-0.1, -0.05) is 13.8 Å². The van der Waals surface area contributed by atoms with E-state index in [1.165, 1.54) is 31.3 Å². The standard InChI is InChI=1S/C22H30FN3O6S/c1-13(2)20-18(10-9-16(27)11-17(28)12-19(29)30)21(14-5-7-15(23)8-6-14)25-22(24-20)26(3)33(4,31)32/h5-8,13,16-17,27-28H,9-12H2,1-4H3,(H,29,30). The number of carboxylic acid groups (broad SMARTS) is 1. The van der Waals surface area contributed by atoms with Crippen LogP contribution >= 0.6 is 0 Å². The molecule has 1 heterocycles. The second-order valence-electron chi connectivity index (χ2n) is 8.31. The van der Waals surface area contributed by atoms with Crippen molar-refractivity contribution in [2.24, 2.45) is 0 Å². The van der Waals surface area contributed by atoms with E-state index in [-0.39, 0.29) is 31.1 Å². The Kier molecular flexibility index (Phi) is 8.87. The second-order valence-corrected chi connectivity index (χ2v) is 10.3. The van der Waals surface area contributed by atoms with Crippen LogP contribution in [0.3, 0.4) is 0 Å². The fourth-order valence-electron chi connectivity index (χ4n) is 3.38. The summed E-state index contributed by atoms with van der Waals surface area (Å²) in [6, 6.07) is 5.60. The highest BCUT2D eigenvalue weighted by atomic mass is 32.2. The average molecular weight is 484 g/mol. The molecule has 2 aromatic rings. The number of rotatable bonds is 11. The van der Waals surface area contributed by atoms with Gasteiger partial charge in [-0.15, -0.1) is 0 Å². The predicted molar refractivity (Wildman–Crippen MR) is 122 cm³/mol. The largest absolute Gasteiger partial charge is 0.481 e. The molecular formula is C22H30FN3O6S. The monoisotopic (exact) mass is 483 g/mol. The highest BCUT2D eigenvalue weighted by molar-refractivity contribution is 7.92. The zero-order valence-electron chi connectivity index (χ0n) is 19.1. The van der Waals surface area contributed by atoms with Gasteiger partial charge in [0.2, 0.25) is 16.0 Å². The van der Waals surface area contributed by atoms with Gasteiger partial charge >= 0.3 is 5.97 Å². The number of hydrogen-bond acceptors (Lipinski definition) is 7. The lowest BCUT2D eigenvalue weighted by Crippen LogP contribution is -2.28. The molecule has 9 nitrogen and oxygen atoms in total. The van der Waals surface area contributed by atoms with Gasteiger partial charge in [-0.3, -0.25) is 4.79 Å². The Morgan fingerprint density at radius 1 is 1.12 bits per heavy atom. The minimum Gasteiger partial charge on any atom is -0.481 e. The molecule has 0 radical (unpaired) electrons. The minimum atomic E-state index is -3.63. The Morgan fingerprint density at radius 2 is 1.73 bits per heavy atom. The summed E-state index contributed by atoms with van der Waals surface area (Å²) in [4.78, 5) is 19.7. The fourth-order valence-corrected chi connectivity index (χ4v) is 3.75. The molecule has 3 N–H and O–H groups in total. The van der Waals surface area contributed by atoms with Crippen LogP contribution in [0.5, 0.6) is 0 Å². The summed E-state index contributed by atoms with van der Waals surface area (Å²) < 4.78 is 38.7. The van der Waals surface area contributed by atoms with Gasteiger partial charge in [0.1, 0.15) is 5.82 Å². The molecule has 33 heavy (non-hydrogen) atoms. The third-order valence-electron chi connectivity index (χ3n) is 5.15. The summed E-state index contributed by atoms with van der Waals surface area (Å²) >= 11 is 0. The third kappa shape index (κ3) is 7.44. The molecule has 2 unspecified atom stereocenters. The van der Waals surface area contributed by atoms with Gasteiger partial charge in [0.25, 0.3) is 0 Å². The number of sulfonamides is 1. The lowest BCUT2D eigenvalue weighted by atomic mass is 9.93. The van der Waals surface area contributed by atoms with Gasteiger partial charge < -0.3 is 15.3 Å². The van der Waals surface area contributed by atoms with Crippen LogP contribution in [-0.4, -0.2) is 65.2 Å². The molecule has 0 amide bonds. The summed E-state index contributed by atoms with van der Waals surface area (Å²) in [5.41, 5.74) is 2.21. The number of halogens is 1. The first-order valence-electron chi connectivity index (χ1n) is 10.5. The molecule has 0 saturated carbocycles. The number of aliphatic carboxylic acids is 1. The van der Waals surface area contributed by atoms with Crippen molar-refractivity contribution in [1.82, 2.24) is 9.97 Å². The highest BCUT2D eigenvalue weighted by Crippen LogP contribution is 2.32. The van der Waals surface area contributed by atoms with Crippen molar-refractivity contribution in [3.05, 3.63) is 41.3 Å². The van der Waals surface area contributed by atoms with Gasteiger partial charge in [-0.25, -0.2) is 27.1 Å². The number of aliphatic hydroxyl groups excluding tert-OH is 2. The van der Waals surface area contributed by atoms with Crippen LogP contribution in [-0.2, 0) is 21.2 Å². The van der Waals surface area contributed by atoms with Crippen molar-refractivity contribution in [3.8, 4) is 11.3 Å². The fraction of sp³-hybridized carbons (Fsp3) is 0.500. The molecule has 2 rings (SSSR count). The van der Waals surface area contributed by atoms with Crippen molar-refractivity contribution in [2.45, 2.75) is 57.7 Å². The Bertz CT molecular complexity index is 1080. The van der Waals surface area contributed by atoms with Crippen molar-refractivity contribution in [2.75, 3.05) is 17.6 Å². The number of carbonyl (C=O) groups is 1. The summed E-state index contributed by atoms with van der Waals surface area (Å²) in [5.74, 6) is -1.74. The smallest absolute Gasteiger partial charge is 0.305 e. The highest BCUT2D eigenvalue weighted by Gasteiger charge is 2.24. The molecule has 182 valence electrons. The van der Waals surface area contributed by atoms with Crippen molar-refractivity contribution >= 4 is 21.9 Å². The maximum atomic E-state index is 13.5. The first-order valence-corrected chi connectivity index (χ1v) is 12.3. The van der Waals surface area contributed by atoms with Crippen LogP contribution in [0.15, 0.2) is 24.3 Å². The van der Waals surface area contributed by atoms with E-state index < -0.39 is 40.4 Å². The van der Waals surface area contributed by atoms with Crippen LogP contribution in [0.4, 0.5) is 10.3 Å². The maximum absolute atomic E-state index is 13.5. The molecule has 11 heteroatoms. The van der Waals surface area contributed by atoms with Crippen molar-refractivity contribution < 1.29 is 32.9 Å². The summed E-state index contributed by atoms with van der Waals surface area (Å²) in [7, 11) is -2.29. The van der Waals surface area contributed by atoms with E-state index in [1.54, 1.807) is 0 Å². The molecule has 1 aromatic carbocycles. The van der Waals surface area contributed by atoms with Crippen LogP contribution in [0, 0.1) is 5.82 Å². The Labute approximate surface area is 193 Å². The van der Waals surface area contributed by atoms with Gasteiger partial charge in [0.15, 0.2) is 0 Å². The molecule has 2 atom stereocenters. The van der Waals surface area contributed by atoms with Crippen LogP contribution in [0.1, 0.15) is 50.3 Å². The van der Waals surface area contributed by atoms with E-state index in [1.807, 2.05) is 13.8 Å². The molecular weight excluding hydrogens is 453 g/mol. The Balaban J connectivity index is 2.50.